The minimum atomic E-state index is -0.0412. The van der Waals surface area contributed by atoms with Crippen molar-refractivity contribution in [2.45, 2.75) is 26.3 Å². The first kappa shape index (κ1) is 13.8. The fraction of sp³-hybridized carbons (Fsp3) is 0.286. The summed E-state index contributed by atoms with van der Waals surface area (Å²) in [4.78, 5) is 12.0. The van der Waals surface area contributed by atoms with E-state index in [0.29, 0.717) is 6.42 Å². The Morgan fingerprint density at radius 1 is 1.42 bits per heavy atom. The van der Waals surface area contributed by atoms with E-state index in [1.807, 2.05) is 38.1 Å². The van der Waals surface area contributed by atoms with E-state index < -0.39 is 0 Å². The molecule has 0 fully saturated rings. The molecule has 1 N–H and O–H groups in total. The van der Waals surface area contributed by atoms with Crippen LogP contribution in [-0.4, -0.2) is 15.7 Å². The normalized spacial score (nSPS) is 10.7. The molecule has 1 amide bonds. The molecule has 100 valence electrons. The van der Waals surface area contributed by atoms with Gasteiger partial charge >= 0.3 is 0 Å². The molecule has 0 atom stereocenters. The number of amides is 1. The molecule has 5 heteroatoms. The van der Waals surface area contributed by atoms with E-state index in [0.717, 1.165) is 15.9 Å². The van der Waals surface area contributed by atoms with E-state index in [2.05, 4.69) is 26.3 Å². The number of hydrogen-bond acceptors (Lipinski definition) is 2. The van der Waals surface area contributed by atoms with Gasteiger partial charge in [0.2, 0.25) is 5.91 Å². The van der Waals surface area contributed by atoms with Gasteiger partial charge in [0.25, 0.3) is 0 Å². The van der Waals surface area contributed by atoms with Gasteiger partial charge in [0.15, 0.2) is 0 Å². The van der Waals surface area contributed by atoms with Crippen molar-refractivity contribution in [2.24, 2.45) is 0 Å². The van der Waals surface area contributed by atoms with Gasteiger partial charge in [-0.25, -0.2) is 4.68 Å². The Hall–Kier alpha value is -1.62. The van der Waals surface area contributed by atoms with Crippen molar-refractivity contribution in [3.05, 3.63) is 46.6 Å². The van der Waals surface area contributed by atoms with Gasteiger partial charge in [0.05, 0.1) is 12.6 Å². The van der Waals surface area contributed by atoms with Gasteiger partial charge in [0.1, 0.15) is 5.82 Å². The number of benzene rings is 1. The van der Waals surface area contributed by atoms with Crippen LogP contribution in [0, 0.1) is 0 Å². The molecular weight excluding hydrogens is 306 g/mol. The minimum absolute atomic E-state index is 0.0412. The largest absolute Gasteiger partial charge is 0.311 e. The predicted octanol–water partition coefficient (Wildman–Crippen LogP) is 3.41. The maximum atomic E-state index is 12.0. The number of rotatable bonds is 4. The van der Waals surface area contributed by atoms with Crippen LogP contribution in [0.5, 0.6) is 0 Å². The topological polar surface area (TPSA) is 46.9 Å². The van der Waals surface area contributed by atoms with Crippen molar-refractivity contribution in [1.82, 2.24) is 9.78 Å². The van der Waals surface area contributed by atoms with E-state index >= 15 is 0 Å². The van der Waals surface area contributed by atoms with Crippen LogP contribution in [0.15, 0.2) is 41.0 Å². The maximum Gasteiger partial charge on any atom is 0.229 e. The first-order valence-electron chi connectivity index (χ1n) is 6.14. The molecular formula is C14H16BrN3O. The van der Waals surface area contributed by atoms with Gasteiger partial charge in [-0.2, -0.15) is 5.10 Å². The molecule has 2 rings (SSSR count). The van der Waals surface area contributed by atoms with Crippen molar-refractivity contribution < 1.29 is 4.79 Å². The molecule has 1 aromatic heterocycles. The van der Waals surface area contributed by atoms with Gasteiger partial charge in [0, 0.05) is 16.6 Å². The lowest BCUT2D eigenvalue weighted by Gasteiger charge is -2.11. The molecule has 1 heterocycles. The fourth-order valence-corrected chi connectivity index (χ4v) is 2.29. The van der Waals surface area contributed by atoms with E-state index in [1.165, 1.54) is 0 Å². The van der Waals surface area contributed by atoms with Crippen LogP contribution < -0.4 is 5.32 Å². The SMILES string of the molecule is CC(C)n1nccc1NC(=O)Cc1cccc(Br)c1. The summed E-state index contributed by atoms with van der Waals surface area (Å²) in [6.45, 7) is 4.05. The number of anilines is 1. The van der Waals surface area contributed by atoms with E-state index in [-0.39, 0.29) is 11.9 Å². The van der Waals surface area contributed by atoms with Gasteiger partial charge in [-0.1, -0.05) is 28.1 Å². The maximum absolute atomic E-state index is 12.0. The molecule has 2 aromatic rings. The summed E-state index contributed by atoms with van der Waals surface area (Å²) >= 11 is 3.40. The van der Waals surface area contributed by atoms with Crippen molar-refractivity contribution in [3.63, 3.8) is 0 Å². The zero-order chi connectivity index (χ0) is 13.8. The fourth-order valence-electron chi connectivity index (χ4n) is 1.84. The Kier molecular flexibility index (Phi) is 4.37. The zero-order valence-corrected chi connectivity index (χ0v) is 12.5. The van der Waals surface area contributed by atoms with E-state index in [4.69, 9.17) is 0 Å². The molecule has 0 aliphatic carbocycles. The average molecular weight is 322 g/mol. The Morgan fingerprint density at radius 2 is 2.21 bits per heavy atom. The third kappa shape index (κ3) is 3.67. The number of nitrogens with one attached hydrogen (secondary N) is 1. The third-order valence-corrected chi connectivity index (χ3v) is 3.17. The number of carbonyl (C=O) groups is 1. The Bertz CT molecular complexity index is 578. The van der Waals surface area contributed by atoms with Crippen LogP contribution in [0.1, 0.15) is 25.5 Å². The molecule has 0 bridgehead atoms. The number of carbonyl (C=O) groups excluding carboxylic acids is 1. The standard InChI is InChI=1S/C14H16BrN3O/c1-10(2)18-13(6-7-16-18)17-14(19)9-11-4-3-5-12(15)8-11/h3-8,10H,9H2,1-2H3,(H,17,19). The lowest BCUT2D eigenvalue weighted by molar-refractivity contribution is -0.115. The Labute approximate surface area is 120 Å². The molecule has 0 saturated carbocycles. The van der Waals surface area contributed by atoms with Crippen molar-refractivity contribution in [1.29, 1.82) is 0 Å². The monoisotopic (exact) mass is 321 g/mol. The van der Waals surface area contributed by atoms with E-state index in [9.17, 15) is 4.79 Å². The highest BCUT2D eigenvalue weighted by Crippen LogP contribution is 2.15. The highest BCUT2D eigenvalue weighted by Gasteiger charge is 2.10. The summed E-state index contributed by atoms with van der Waals surface area (Å²) in [5.41, 5.74) is 0.975. The van der Waals surface area contributed by atoms with Crippen LogP contribution in [0.2, 0.25) is 0 Å². The Morgan fingerprint density at radius 3 is 2.89 bits per heavy atom. The molecule has 0 saturated heterocycles. The molecule has 0 radical (unpaired) electrons. The van der Waals surface area contributed by atoms with Crippen LogP contribution in [0.25, 0.3) is 0 Å². The number of aromatic nitrogens is 2. The van der Waals surface area contributed by atoms with Crippen molar-refractivity contribution in [3.8, 4) is 0 Å². The van der Waals surface area contributed by atoms with Gasteiger partial charge < -0.3 is 5.32 Å². The van der Waals surface area contributed by atoms with Crippen molar-refractivity contribution in [2.75, 3.05) is 5.32 Å². The predicted molar refractivity (Wildman–Crippen MR) is 79.1 cm³/mol. The molecule has 0 aliphatic heterocycles. The van der Waals surface area contributed by atoms with Crippen LogP contribution in [0.3, 0.4) is 0 Å². The highest BCUT2D eigenvalue weighted by molar-refractivity contribution is 9.10. The first-order chi connectivity index (χ1) is 9.06. The first-order valence-corrected chi connectivity index (χ1v) is 6.93. The quantitative estimate of drug-likeness (QED) is 0.938. The van der Waals surface area contributed by atoms with Crippen molar-refractivity contribution >= 4 is 27.7 Å². The molecule has 0 aliphatic rings. The number of nitrogens with zero attached hydrogens (tertiary/aromatic N) is 2. The minimum Gasteiger partial charge on any atom is -0.311 e. The van der Waals surface area contributed by atoms with Crippen LogP contribution >= 0.6 is 15.9 Å². The molecule has 1 aromatic carbocycles. The zero-order valence-electron chi connectivity index (χ0n) is 10.9. The second-order valence-electron chi connectivity index (χ2n) is 4.61. The van der Waals surface area contributed by atoms with Crippen LogP contribution in [-0.2, 0) is 11.2 Å². The summed E-state index contributed by atoms with van der Waals surface area (Å²) in [7, 11) is 0. The molecule has 0 spiro atoms. The second-order valence-corrected chi connectivity index (χ2v) is 5.53. The smallest absolute Gasteiger partial charge is 0.229 e. The van der Waals surface area contributed by atoms with Gasteiger partial charge in [-0.3, -0.25) is 4.79 Å². The summed E-state index contributed by atoms with van der Waals surface area (Å²) in [5, 5.41) is 7.07. The summed E-state index contributed by atoms with van der Waals surface area (Å²) in [6, 6.07) is 9.76. The summed E-state index contributed by atoms with van der Waals surface area (Å²) in [5.74, 6) is 0.690. The lowest BCUT2D eigenvalue weighted by Crippen LogP contribution is -2.18. The molecule has 0 unspecified atom stereocenters. The molecule has 19 heavy (non-hydrogen) atoms. The third-order valence-electron chi connectivity index (χ3n) is 2.68. The Balaban J connectivity index is 2.03. The van der Waals surface area contributed by atoms with E-state index in [1.54, 1.807) is 16.9 Å². The van der Waals surface area contributed by atoms with Gasteiger partial charge in [-0.05, 0) is 31.5 Å². The summed E-state index contributed by atoms with van der Waals surface area (Å²) in [6.07, 6.45) is 2.04. The van der Waals surface area contributed by atoms with Crippen LogP contribution in [0.4, 0.5) is 5.82 Å². The number of halogens is 1. The second kappa shape index (κ2) is 6.02. The van der Waals surface area contributed by atoms with Gasteiger partial charge in [-0.15, -0.1) is 0 Å². The lowest BCUT2D eigenvalue weighted by atomic mass is 10.1. The molecule has 4 nitrogen and oxygen atoms in total. The highest BCUT2D eigenvalue weighted by atomic mass is 79.9. The summed E-state index contributed by atoms with van der Waals surface area (Å²) < 4.78 is 2.77. The number of hydrogen-bond donors (Lipinski definition) is 1. The average Bonchev–Trinajstić information content (AvgIpc) is 2.76.